The van der Waals surface area contributed by atoms with E-state index in [9.17, 15) is 9.59 Å². The zero-order valence-corrected chi connectivity index (χ0v) is 32.3. The Hall–Kier alpha value is -3.10. The normalized spacial score (nSPS) is 20.7. The molecule has 0 bridgehead atoms. The number of unbranched alkanes of at least 4 members (excludes halogenated alkanes) is 3. The van der Waals surface area contributed by atoms with Crippen LogP contribution in [0.4, 0.5) is 0 Å². The number of ether oxygens (including phenoxy) is 2. The third-order valence-electron chi connectivity index (χ3n) is 13.1. The number of hydrogen-bond acceptors (Lipinski definition) is 6. The summed E-state index contributed by atoms with van der Waals surface area (Å²) in [5, 5.41) is 0. The van der Waals surface area contributed by atoms with Gasteiger partial charge in [0.15, 0.2) is 0 Å². The molecule has 0 spiro atoms. The summed E-state index contributed by atoms with van der Waals surface area (Å²) in [4.78, 5) is 35.4. The Morgan fingerprint density at radius 2 is 0.981 bits per heavy atom. The predicted molar refractivity (Wildman–Crippen MR) is 208 cm³/mol. The molecule has 2 amide bonds. The van der Waals surface area contributed by atoms with Gasteiger partial charge >= 0.3 is 0 Å². The van der Waals surface area contributed by atoms with E-state index in [0.717, 1.165) is 139 Å². The fraction of sp³-hybridized carbons (Fsp3) is 0.682. The average Bonchev–Trinajstić information content (AvgIpc) is 3.20. The highest BCUT2D eigenvalue weighted by Gasteiger charge is 2.32. The van der Waals surface area contributed by atoms with Crippen LogP contribution < -0.4 is 9.47 Å². The number of rotatable bonds is 15. The summed E-state index contributed by atoms with van der Waals surface area (Å²) in [6, 6.07) is 16.8. The number of likely N-dealkylation sites (tertiary alicyclic amines) is 4. The Labute approximate surface area is 314 Å². The molecule has 0 aromatic heterocycles. The van der Waals surface area contributed by atoms with Crippen LogP contribution in [0.2, 0.25) is 0 Å². The quantitative estimate of drug-likeness (QED) is 0.177. The van der Waals surface area contributed by atoms with Gasteiger partial charge < -0.3 is 19.3 Å². The number of carbonyl (C=O) groups excluding carboxylic acids is 2. The van der Waals surface area contributed by atoms with Gasteiger partial charge in [-0.15, -0.1) is 0 Å². The van der Waals surface area contributed by atoms with Gasteiger partial charge in [0, 0.05) is 57.7 Å². The van der Waals surface area contributed by atoms with Gasteiger partial charge in [0.25, 0.3) is 0 Å². The highest BCUT2D eigenvalue weighted by Crippen LogP contribution is 2.35. The summed E-state index contributed by atoms with van der Waals surface area (Å²) in [6.07, 6.45) is 15.0. The summed E-state index contributed by atoms with van der Waals surface area (Å²) in [7, 11) is 3.47. The SMILES string of the molecule is COc1ccc(CN2CCC(C3CCN(C(=O)CCCCCCC(=O)N4CCC(C5CCN(Cc6ccccc6OC)CC5)CC4)CC3)CC2)cc1. The summed E-state index contributed by atoms with van der Waals surface area (Å²) >= 11 is 0. The van der Waals surface area contributed by atoms with E-state index in [1.54, 1.807) is 14.2 Å². The molecule has 52 heavy (non-hydrogen) atoms. The molecule has 4 aliphatic heterocycles. The van der Waals surface area contributed by atoms with Crippen molar-refractivity contribution in [2.45, 2.75) is 103 Å². The van der Waals surface area contributed by atoms with Crippen LogP contribution in [0.3, 0.4) is 0 Å². The second-order valence-electron chi connectivity index (χ2n) is 16.2. The van der Waals surface area contributed by atoms with Gasteiger partial charge in [0.05, 0.1) is 14.2 Å². The van der Waals surface area contributed by atoms with Crippen molar-refractivity contribution >= 4 is 11.8 Å². The number of methoxy groups -OCH3 is 2. The van der Waals surface area contributed by atoms with Gasteiger partial charge in [-0.25, -0.2) is 0 Å². The zero-order valence-electron chi connectivity index (χ0n) is 32.3. The fourth-order valence-electron chi connectivity index (χ4n) is 9.69. The highest BCUT2D eigenvalue weighted by atomic mass is 16.5. The van der Waals surface area contributed by atoms with E-state index < -0.39 is 0 Å². The van der Waals surface area contributed by atoms with E-state index in [1.807, 2.05) is 6.07 Å². The van der Waals surface area contributed by atoms with Crippen LogP contribution in [0.15, 0.2) is 48.5 Å². The minimum absolute atomic E-state index is 0.340. The van der Waals surface area contributed by atoms with E-state index >= 15 is 0 Å². The Morgan fingerprint density at radius 1 is 0.538 bits per heavy atom. The molecule has 0 aliphatic carbocycles. The van der Waals surface area contributed by atoms with Crippen molar-refractivity contribution < 1.29 is 19.1 Å². The lowest BCUT2D eigenvalue weighted by atomic mass is 9.78. The molecule has 4 fully saturated rings. The molecule has 0 radical (unpaired) electrons. The topological polar surface area (TPSA) is 65.6 Å². The van der Waals surface area contributed by atoms with Gasteiger partial charge in [-0.05, 0) is 138 Å². The van der Waals surface area contributed by atoms with Crippen LogP contribution in [0.1, 0.15) is 101 Å². The van der Waals surface area contributed by atoms with Gasteiger partial charge in [-0.3, -0.25) is 19.4 Å². The van der Waals surface area contributed by atoms with Crippen LogP contribution in [-0.2, 0) is 22.7 Å². The standard InChI is InChI=1S/C44H66N4O4/c1-51-41-15-13-35(14-16-41)33-45-25-17-36(18-26-45)38-21-29-47(30-22-38)43(49)11-5-3-4-6-12-44(50)48-31-23-39(24-32-48)37-19-27-46(28-20-37)34-40-9-7-8-10-42(40)52-2/h7-10,13-16,36-39H,3-6,11-12,17-34H2,1-2H3. The lowest BCUT2D eigenvalue weighted by Crippen LogP contribution is -2.42. The molecule has 0 atom stereocenters. The molecule has 4 saturated heterocycles. The van der Waals surface area contributed by atoms with Crippen molar-refractivity contribution in [2.24, 2.45) is 23.7 Å². The number of amides is 2. The number of hydrogen-bond donors (Lipinski definition) is 0. The summed E-state index contributed by atoms with van der Waals surface area (Å²) in [5.41, 5.74) is 2.63. The molecule has 0 unspecified atom stereocenters. The smallest absolute Gasteiger partial charge is 0.222 e. The molecule has 4 aliphatic rings. The maximum atomic E-state index is 13.0. The molecule has 286 valence electrons. The Balaban J connectivity index is 0.770. The largest absolute Gasteiger partial charge is 0.497 e. The molecule has 2 aromatic rings. The highest BCUT2D eigenvalue weighted by molar-refractivity contribution is 5.76. The predicted octanol–water partition coefficient (Wildman–Crippen LogP) is 7.65. The first-order chi connectivity index (χ1) is 25.5. The third-order valence-corrected chi connectivity index (χ3v) is 13.1. The van der Waals surface area contributed by atoms with Gasteiger partial charge in [0.2, 0.25) is 11.8 Å². The summed E-state index contributed by atoms with van der Waals surface area (Å²) < 4.78 is 10.9. The van der Waals surface area contributed by atoms with Gasteiger partial charge in [-0.1, -0.05) is 43.2 Å². The van der Waals surface area contributed by atoms with Gasteiger partial charge in [0.1, 0.15) is 11.5 Å². The van der Waals surface area contributed by atoms with E-state index in [2.05, 4.69) is 62.1 Å². The third kappa shape index (κ3) is 11.0. The number of piperidine rings is 4. The lowest BCUT2D eigenvalue weighted by Gasteiger charge is -2.40. The minimum atomic E-state index is 0.340. The van der Waals surface area contributed by atoms with Crippen LogP contribution in [0.25, 0.3) is 0 Å². The second-order valence-corrected chi connectivity index (χ2v) is 16.2. The Morgan fingerprint density at radius 3 is 1.44 bits per heavy atom. The lowest BCUT2D eigenvalue weighted by molar-refractivity contribution is -0.134. The van der Waals surface area contributed by atoms with Crippen molar-refractivity contribution in [2.75, 3.05) is 66.6 Å². The monoisotopic (exact) mass is 715 g/mol. The van der Waals surface area contributed by atoms with Crippen LogP contribution in [0, 0.1) is 23.7 Å². The van der Waals surface area contributed by atoms with E-state index in [4.69, 9.17) is 9.47 Å². The fourth-order valence-corrected chi connectivity index (χ4v) is 9.69. The van der Waals surface area contributed by atoms with Crippen molar-refractivity contribution in [3.8, 4) is 11.5 Å². The zero-order chi connectivity index (χ0) is 36.1. The molecule has 8 heteroatoms. The molecule has 2 aromatic carbocycles. The molecule has 6 rings (SSSR count). The number of benzene rings is 2. The van der Waals surface area contributed by atoms with Crippen molar-refractivity contribution in [1.29, 1.82) is 0 Å². The first-order valence-electron chi connectivity index (χ1n) is 20.7. The number of carbonyl (C=O) groups is 2. The molecule has 4 heterocycles. The average molecular weight is 715 g/mol. The maximum absolute atomic E-state index is 13.0. The summed E-state index contributed by atoms with van der Waals surface area (Å²) in [6.45, 7) is 10.4. The van der Waals surface area contributed by atoms with Crippen molar-refractivity contribution in [3.63, 3.8) is 0 Å². The number of para-hydroxylation sites is 1. The van der Waals surface area contributed by atoms with Crippen LogP contribution in [-0.4, -0.2) is 98.0 Å². The molecule has 8 nitrogen and oxygen atoms in total. The first-order valence-corrected chi connectivity index (χ1v) is 20.7. The Bertz CT molecular complexity index is 1370. The number of nitrogens with zero attached hydrogens (tertiary/aromatic N) is 4. The van der Waals surface area contributed by atoms with E-state index in [0.29, 0.717) is 24.7 Å². The van der Waals surface area contributed by atoms with Gasteiger partial charge in [-0.2, -0.15) is 0 Å². The van der Waals surface area contributed by atoms with E-state index in [-0.39, 0.29) is 0 Å². The molecule has 0 saturated carbocycles. The first kappa shape index (κ1) is 38.6. The maximum Gasteiger partial charge on any atom is 0.222 e. The van der Waals surface area contributed by atoms with Crippen molar-refractivity contribution in [3.05, 3.63) is 59.7 Å². The molecule has 0 N–H and O–H groups in total. The van der Waals surface area contributed by atoms with Crippen LogP contribution >= 0.6 is 0 Å². The van der Waals surface area contributed by atoms with Crippen LogP contribution in [0.5, 0.6) is 11.5 Å². The second kappa shape index (κ2) is 19.8. The van der Waals surface area contributed by atoms with E-state index in [1.165, 1.54) is 49.9 Å². The Kier molecular flexibility index (Phi) is 14.7. The molecular formula is C44H66N4O4. The minimum Gasteiger partial charge on any atom is -0.497 e. The van der Waals surface area contributed by atoms with Crippen molar-refractivity contribution in [1.82, 2.24) is 19.6 Å². The summed E-state index contributed by atoms with van der Waals surface area (Å²) in [5.74, 6) is 5.71. The molecular weight excluding hydrogens is 649 g/mol.